The van der Waals surface area contributed by atoms with E-state index < -0.39 is 8.56 Å². The molecule has 0 aromatic heterocycles. The number of benzene rings is 1. The molecule has 1 atom stereocenters. The minimum absolute atomic E-state index is 0.446. The SMILES string of the molecule is CCO[Si](CN)(OC)c1ccccc1. The Hall–Kier alpha value is -0.683. The molecule has 1 aromatic rings. The Morgan fingerprint density at radius 3 is 2.36 bits per heavy atom. The van der Waals surface area contributed by atoms with E-state index >= 15 is 0 Å². The van der Waals surface area contributed by atoms with E-state index in [1.54, 1.807) is 7.11 Å². The van der Waals surface area contributed by atoms with Crippen molar-refractivity contribution in [3.05, 3.63) is 30.3 Å². The van der Waals surface area contributed by atoms with E-state index in [-0.39, 0.29) is 0 Å². The first-order chi connectivity index (χ1) is 6.79. The van der Waals surface area contributed by atoms with E-state index in [9.17, 15) is 0 Å². The lowest BCUT2D eigenvalue weighted by Crippen LogP contribution is -2.59. The zero-order chi connectivity index (χ0) is 10.4. The van der Waals surface area contributed by atoms with Crippen molar-refractivity contribution >= 4 is 13.7 Å². The molecule has 0 aliphatic carbocycles. The average Bonchev–Trinajstić information content (AvgIpc) is 2.27. The van der Waals surface area contributed by atoms with E-state index in [0.29, 0.717) is 12.8 Å². The summed E-state index contributed by atoms with van der Waals surface area (Å²) in [5.74, 6) is 0. The highest BCUT2D eigenvalue weighted by molar-refractivity contribution is 6.81. The standard InChI is InChI=1S/C10H17NO2Si/c1-3-13-14(9-11,12-2)10-7-5-4-6-8-10/h4-8H,3,9,11H2,1-2H3. The number of hydrogen-bond donors (Lipinski definition) is 1. The Kier molecular flexibility index (Phi) is 4.28. The summed E-state index contributed by atoms with van der Waals surface area (Å²) in [6.07, 6.45) is 0.446. The molecule has 2 N–H and O–H groups in total. The van der Waals surface area contributed by atoms with Gasteiger partial charge in [-0.05, 0) is 12.1 Å². The van der Waals surface area contributed by atoms with Crippen LogP contribution in [0.2, 0.25) is 0 Å². The van der Waals surface area contributed by atoms with Gasteiger partial charge >= 0.3 is 8.56 Å². The average molecular weight is 211 g/mol. The van der Waals surface area contributed by atoms with Crippen LogP contribution < -0.4 is 10.9 Å². The summed E-state index contributed by atoms with van der Waals surface area (Å²) >= 11 is 0. The Balaban J connectivity index is 2.98. The fourth-order valence-electron chi connectivity index (χ4n) is 1.45. The molecule has 0 saturated carbocycles. The molecule has 1 aromatic carbocycles. The predicted octanol–water partition coefficient (Wildman–Crippen LogP) is 0.517. The van der Waals surface area contributed by atoms with Gasteiger partial charge in [-0.3, -0.25) is 0 Å². The van der Waals surface area contributed by atoms with E-state index in [4.69, 9.17) is 14.6 Å². The maximum absolute atomic E-state index is 5.75. The van der Waals surface area contributed by atoms with Crippen molar-refractivity contribution in [1.82, 2.24) is 0 Å². The summed E-state index contributed by atoms with van der Waals surface area (Å²) in [5, 5.41) is 1.09. The fraction of sp³-hybridized carbons (Fsp3) is 0.400. The first kappa shape index (κ1) is 11.4. The predicted molar refractivity (Wildman–Crippen MR) is 59.5 cm³/mol. The second kappa shape index (κ2) is 5.26. The molecule has 0 aliphatic heterocycles. The molecule has 4 heteroatoms. The molecule has 0 spiro atoms. The summed E-state index contributed by atoms with van der Waals surface area (Å²) in [5.41, 5.74) is 5.75. The molecule has 78 valence electrons. The van der Waals surface area contributed by atoms with Crippen LogP contribution in [-0.4, -0.2) is 28.4 Å². The molecule has 1 unspecified atom stereocenters. The topological polar surface area (TPSA) is 44.5 Å². The maximum Gasteiger partial charge on any atom is 0.386 e. The van der Waals surface area contributed by atoms with Gasteiger partial charge in [0.1, 0.15) is 0 Å². The fourth-order valence-corrected chi connectivity index (χ4v) is 3.65. The van der Waals surface area contributed by atoms with Crippen molar-refractivity contribution in [2.75, 3.05) is 19.9 Å². The zero-order valence-electron chi connectivity index (χ0n) is 8.69. The number of nitrogens with two attached hydrogens (primary N) is 1. The summed E-state index contributed by atoms with van der Waals surface area (Å²) < 4.78 is 11.2. The summed E-state index contributed by atoms with van der Waals surface area (Å²) in [6.45, 7) is 2.59. The Morgan fingerprint density at radius 1 is 1.29 bits per heavy atom. The molecule has 14 heavy (non-hydrogen) atoms. The molecule has 0 saturated heterocycles. The summed E-state index contributed by atoms with van der Waals surface area (Å²) in [6, 6.07) is 9.95. The van der Waals surface area contributed by atoms with Crippen molar-refractivity contribution in [2.24, 2.45) is 5.73 Å². The van der Waals surface area contributed by atoms with Gasteiger partial charge in [0, 0.05) is 19.9 Å². The van der Waals surface area contributed by atoms with Crippen molar-refractivity contribution in [3.8, 4) is 0 Å². The number of rotatable bonds is 5. The van der Waals surface area contributed by atoms with Gasteiger partial charge in [0.05, 0.1) is 0 Å². The van der Waals surface area contributed by atoms with Crippen LogP contribution in [0.3, 0.4) is 0 Å². The van der Waals surface area contributed by atoms with Gasteiger partial charge in [0.25, 0.3) is 0 Å². The lowest BCUT2D eigenvalue weighted by Gasteiger charge is -2.27. The molecule has 0 radical (unpaired) electrons. The van der Waals surface area contributed by atoms with Crippen molar-refractivity contribution < 1.29 is 8.85 Å². The monoisotopic (exact) mass is 211 g/mol. The first-order valence-electron chi connectivity index (χ1n) is 4.73. The minimum atomic E-state index is -2.34. The quantitative estimate of drug-likeness (QED) is 0.722. The van der Waals surface area contributed by atoms with Crippen molar-refractivity contribution in [2.45, 2.75) is 6.92 Å². The second-order valence-electron chi connectivity index (χ2n) is 2.96. The van der Waals surface area contributed by atoms with E-state index in [0.717, 1.165) is 5.19 Å². The third-order valence-electron chi connectivity index (χ3n) is 2.19. The zero-order valence-corrected chi connectivity index (χ0v) is 9.69. The molecule has 1 rings (SSSR count). The second-order valence-corrected chi connectivity index (χ2v) is 6.15. The van der Waals surface area contributed by atoms with Gasteiger partial charge < -0.3 is 14.6 Å². The van der Waals surface area contributed by atoms with Crippen molar-refractivity contribution in [3.63, 3.8) is 0 Å². The van der Waals surface area contributed by atoms with Crippen LogP contribution in [-0.2, 0) is 8.85 Å². The van der Waals surface area contributed by atoms with Crippen LogP contribution in [0, 0.1) is 0 Å². The molecule has 0 amide bonds. The normalized spacial score (nSPS) is 15.1. The third kappa shape index (κ3) is 2.22. The molecule has 3 nitrogen and oxygen atoms in total. The van der Waals surface area contributed by atoms with Gasteiger partial charge in [-0.15, -0.1) is 0 Å². The summed E-state index contributed by atoms with van der Waals surface area (Å²) in [7, 11) is -0.673. The molecule has 0 heterocycles. The van der Waals surface area contributed by atoms with Crippen LogP contribution in [0.4, 0.5) is 0 Å². The Morgan fingerprint density at radius 2 is 1.93 bits per heavy atom. The van der Waals surface area contributed by atoms with E-state index in [1.165, 1.54) is 0 Å². The van der Waals surface area contributed by atoms with Crippen LogP contribution in [0.25, 0.3) is 0 Å². The van der Waals surface area contributed by atoms with Gasteiger partial charge in [-0.25, -0.2) is 0 Å². The van der Waals surface area contributed by atoms with E-state index in [1.807, 2.05) is 37.3 Å². The highest BCUT2D eigenvalue weighted by Crippen LogP contribution is 2.05. The largest absolute Gasteiger partial charge is 0.394 e. The smallest absolute Gasteiger partial charge is 0.386 e. The molecule has 0 fully saturated rings. The number of hydrogen-bond acceptors (Lipinski definition) is 3. The highest BCUT2D eigenvalue weighted by atomic mass is 28.4. The lowest BCUT2D eigenvalue weighted by atomic mass is 10.4. The highest BCUT2D eigenvalue weighted by Gasteiger charge is 2.37. The Labute approximate surface area is 86.1 Å². The van der Waals surface area contributed by atoms with Crippen LogP contribution in [0.15, 0.2) is 30.3 Å². The van der Waals surface area contributed by atoms with Gasteiger partial charge in [-0.2, -0.15) is 0 Å². The van der Waals surface area contributed by atoms with Gasteiger partial charge in [0.2, 0.25) is 0 Å². The Bertz CT molecular complexity index is 262. The summed E-state index contributed by atoms with van der Waals surface area (Å²) in [4.78, 5) is 0. The lowest BCUT2D eigenvalue weighted by molar-refractivity contribution is 0.224. The first-order valence-corrected chi connectivity index (χ1v) is 6.76. The molecule has 0 bridgehead atoms. The van der Waals surface area contributed by atoms with Crippen LogP contribution in [0.5, 0.6) is 0 Å². The molecule has 0 aliphatic rings. The van der Waals surface area contributed by atoms with Gasteiger partial charge in [0.15, 0.2) is 0 Å². The third-order valence-corrected chi connectivity index (χ3v) is 5.35. The van der Waals surface area contributed by atoms with Crippen LogP contribution in [0.1, 0.15) is 6.92 Å². The van der Waals surface area contributed by atoms with Crippen LogP contribution >= 0.6 is 0 Å². The minimum Gasteiger partial charge on any atom is -0.394 e. The molecular formula is C10H17NO2Si. The molecular weight excluding hydrogens is 194 g/mol. The van der Waals surface area contributed by atoms with Crippen molar-refractivity contribution in [1.29, 1.82) is 0 Å². The van der Waals surface area contributed by atoms with E-state index in [2.05, 4.69) is 0 Å². The maximum atomic E-state index is 5.75. The van der Waals surface area contributed by atoms with Gasteiger partial charge in [-0.1, -0.05) is 30.3 Å².